The van der Waals surface area contributed by atoms with Gasteiger partial charge in [0.2, 0.25) is 0 Å². The summed E-state index contributed by atoms with van der Waals surface area (Å²) in [6, 6.07) is 13.4. The molecule has 3 heteroatoms. The van der Waals surface area contributed by atoms with E-state index in [1.165, 1.54) is 0 Å². The van der Waals surface area contributed by atoms with Gasteiger partial charge in [-0.2, -0.15) is 0 Å². The Bertz CT molecular complexity index is 578. The van der Waals surface area contributed by atoms with E-state index in [1.54, 1.807) is 14.2 Å². The fraction of sp³-hybridized carbons (Fsp3) is 0.294. The van der Waals surface area contributed by atoms with Crippen molar-refractivity contribution in [2.45, 2.75) is 19.4 Å². The number of ether oxygens (including phenoxy) is 2. The zero-order valence-electron chi connectivity index (χ0n) is 12.1. The molecule has 106 valence electrons. The van der Waals surface area contributed by atoms with Gasteiger partial charge in [-0.25, -0.2) is 0 Å². The molecule has 0 heterocycles. The second kappa shape index (κ2) is 6.44. The van der Waals surface area contributed by atoms with Gasteiger partial charge in [0.15, 0.2) is 11.5 Å². The molecule has 0 radical (unpaired) electrons. The first kappa shape index (κ1) is 14.4. The van der Waals surface area contributed by atoms with Crippen molar-refractivity contribution >= 4 is 0 Å². The van der Waals surface area contributed by atoms with Crippen molar-refractivity contribution in [3.8, 4) is 11.5 Å². The number of aryl methyl sites for hydroxylation is 1. The highest BCUT2D eigenvalue weighted by Gasteiger charge is 2.15. The maximum atomic E-state index is 10.6. The molecule has 2 aromatic carbocycles. The van der Waals surface area contributed by atoms with E-state index in [0.717, 1.165) is 23.1 Å². The number of aliphatic hydroxyl groups excluding tert-OH is 1. The van der Waals surface area contributed by atoms with Gasteiger partial charge in [0.05, 0.1) is 14.2 Å². The van der Waals surface area contributed by atoms with E-state index in [9.17, 15) is 5.11 Å². The van der Waals surface area contributed by atoms with Crippen LogP contribution in [0.4, 0.5) is 0 Å². The highest BCUT2D eigenvalue weighted by molar-refractivity contribution is 5.46. The van der Waals surface area contributed by atoms with E-state index in [4.69, 9.17) is 9.47 Å². The van der Waals surface area contributed by atoms with Gasteiger partial charge in [0.1, 0.15) is 6.10 Å². The highest BCUT2D eigenvalue weighted by Crippen LogP contribution is 2.33. The van der Waals surface area contributed by atoms with Crippen LogP contribution >= 0.6 is 0 Å². The Hall–Kier alpha value is -2.00. The summed E-state index contributed by atoms with van der Waals surface area (Å²) in [5, 5.41) is 10.6. The maximum absolute atomic E-state index is 10.6. The van der Waals surface area contributed by atoms with E-state index in [1.807, 2.05) is 42.5 Å². The van der Waals surface area contributed by atoms with E-state index in [2.05, 4.69) is 6.92 Å². The van der Waals surface area contributed by atoms with Gasteiger partial charge in [-0.3, -0.25) is 0 Å². The minimum Gasteiger partial charge on any atom is -0.493 e. The lowest BCUT2D eigenvalue weighted by molar-refractivity contribution is 0.218. The van der Waals surface area contributed by atoms with E-state index in [0.29, 0.717) is 11.5 Å². The van der Waals surface area contributed by atoms with E-state index >= 15 is 0 Å². The predicted molar refractivity (Wildman–Crippen MR) is 79.4 cm³/mol. The summed E-state index contributed by atoms with van der Waals surface area (Å²) in [4.78, 5) is 0. The molecule has 0 amide bonds. The third kappa shape index (κ3) is 2.78. The predicted octanol–water partition coefficient (Wildman–Crippen LogP) is 3.35. The van der Waals surface area contributed by atoms with Crippen LogP contribution < -0.4 is 9.47 Å². The van der Waals surface area contributed by atoms with Crippen molar-refractivity contribution < 1.29 is 14.6 Å². The Morgan fingerprint density at radius 1 is 1.00 bits per heavy atom. The lowest BCUT2D eigenvalue weighted by atomic mass is 9.95. The summed E-state index contributed by atoms with van der Waals surface area (Å²) in [5.41, 5.74) is 2.88. The van der Waals surface area contributed by atoms with Crippen LogP contribution in [-0.2, 0) is 6.42 Å². The second-order valence-electron chi connectivity index (χ2n) is 4.57. The van der Waals surface area contributed by atoms with Gasteiger partial charge < -0.3 is 14.6 Å². The van der Waals surface area contributed by atoms with Crippen molar-refractivity contribution in [2.24, 2.45) is 0 Å². The van der Waals surface area contributed by atoms with Gasteiger partial charge in [-0.05, 0) is 35.2 Å². The third-order valence-corrected chi connectivity index (χ3v) is 3.45. The standard InChI is InChI=1S/C17H20O3/c1-4-12-7-5-6-8-14(12)17(18)13-9-10-15(19-2)16(11-13)20-3/h5-11,17-18H,4H2,1-3H3. The molecule has 20 heavy (non-hydrogen) atoms. The third-order valence-electron chi connectivity index (χ3n) is 3.45. The Morgan fingerprint density at radius 3 is 2.35 bits per heavy atom. The van der Waals surface area contributed by atoms with Crippen molar-refractivity contribution in [3.63, 3.8) is 0 Å². The zero-order chi connectivity index (χ0) is 14.5. The van der Waals surface area contributed by atoms with Crippen LogP contribution in [0, 0.1) is 0 Å². The van der Waals surface area contributed by atoms with Gasteiger partial charge >= 0.3 is 0 Å². The van der Waals surface area contributed by atoms with Crippen LogP contribution in [0.2, 0.25) is 0 Å². The zero-order valence-corrected chi connectivity index (χ0v) is 12.1. The Labute approximate surface area is 119 Å². The van der Waals surface area contributed by atoms with Crippen molar-refractivity contribution in [1.82, 2.24) is 0 Å². The molecule has 3 nitrogen and oxygen atoms in total. The number of methoxy groups -OCH3 is 2. The molecular weight excluding hydrogens is 252 g/mol. The van der Waals surface area contributed by atoms with Gasteiger partial charge in [0, 0.05) is 0 Å². The van der Waals surface area contributed by atoms with Gasteiger partial charge in [0.25, 0.3) is 0 Å². The molecule has 0 saturated heterocycles. The topological polar surface area (TPSA) is 38.7 Å². The number of rotatable bonds is 5. The normalized spacial score (nSPS) is 12.0. The van der Waals surface area contributed by atoms with Gasteiger partial charge in [-0.1, -0.05) is 37.3 Å². The van der Waals surface area contributed by atoms with Crippen molar-refractivity contribution in [1.29, 1.82) is 0 Å². The molecule has 0 aliphatic carbocycles. The van der Waals surface area contributed by atoms with Crippen LogP contribution in [0.1, 0.15) is 29.7 Å². The van der Waals surface area contributed by atoms with E-state index < -0.39 is 6.10 Å². The number of benzene rings is 2. The highest BCUT2D eigenvalue weighted by atomic mass is 16.5. The molecule has 0 aromatic heterocycles. The molecule has 0 fully saturated rings. The number of aliphatic hydroxyl groups is 1. The Kier molecular flexibility index (Phi) is 4.64. The van der Waals surface area contributed by atoms with Crippen molar-refractivity contribution in [3.05, 3.63) is 59.2 Å². The average molecular weight is 272 g/mol. The van der Waals surface area contributed by atoms with Crippen LogP contribution in [0.25, 0.3) is 0 Å². The molecule has 1 unspecified atom stereocenters. The summed E-state index contributed by atoms with van der Waals surface area (Å²) >= 11 is 0. The van der Waals surface area contributed by atoms with Crippen LogP contribution in [0.5, 0.6) is 11.5 Å². The molecule has 0 bridgehead atoms. The van der Waals surface area contributed by atoms with Crippen LogP contribution in [0.3, 0.4) is 0 Å². The molecule has 1 N–H and O–H groups in total. The fourth-order valence-electron chi connectivity index (χ4n) is 2.33. The maximum Gasteiger partial charge on any atom is 0.161 e. The molecule has 1 atom stereocenters. The first-order chi connectivity index (χ1) is 9.71. The van der Waals surface area contributed by atoms with Gasteiger partial charge in [-0.15, -0.1) is 0 Å². The van der Waals surface area contributed by atoms with Crippen molar-refractivity contribution in [2.75, 3.05) is 14.2 Å². The summed E-state index contributed by atoms with van der Waals surface area (Å²) in [6.07, 6.45) is 0.228. The molecule has 0 spiro atoms. The molecule has 2 aromatic rings. The summed E-state index contributed by atoms with van der Waals surface area (Å²) < 4.78 is 10.5. The molecule has 0 saturated carbocycles. The molecule has 0 aliphatic rings. The molecular formula is C17H20O3. The lowest BCUT2D eigenvalue weighted by Gasteiger charge is -2.17. The average Bonchev–Trinajstić information content (AvgIpc) is 2.53. The summed E-state index contributed by atoms with van der Waals surface area (Å²) in [6.45, 7) is 2.08. The number of hydrogen-bond acceptors (Lipinski definition) is 3. The largest absolute Gasteiger partial charge is 0.493 e. The molecule has 0 aliphatic heterocycles. The monoisotopic (exact) mass is 272 g/mol. The van der Waals surface area contributed by atoms with E-state index in [-0.39, 0.29) is 0 Å². The lowest BCUT2D eigenvalue weighted by Crippen LogP contribution is -2.04. The summed E-state index contributed by atoms with van der Waals surface area (Å²) in [7, 11) is 3.19. The minimum absolute atomic E-state index is 0.623. The van der Waals surface area contributed by atoms with Crippen LogP contribution in [0.15, 0.2) is 42.5 Å². The van der Waals surface area contributed by atoms with Crippen LogP contribution in [-0.4, -0.2) is 19.3 Å². The first-order valence-electron chi connectivity index (χ1n) is 6.69. The minimum atomic E-state index is -0.661. The molecule has 2 rings (SSSR count). The fourth-order valence-corrected chi connectivity index (χ4v) is 2.33. The Morgan fingerprint density at radius 2 is 1.70 bits per heavy atom. The number of hydrogen-bond donors (Lipinski definition) is 1. The summed E-state index contributed by atoms with van der Waals surface area (Å²) in [5.74, 6) is 1.28. The Balaban J connectivity index is 2.40. The smallest absolute Gasteiger partial charge is 0.161 e. The first-order valence-corrected chi connectivity index (χ1v) is 6.69. The SMILES string of the molecule is CCc1ccccc1C(O)c1ccc(OC)c(OC)c1. The quantitative estimate of drug-likeness (QED) is 0.907. The second-order valence-corrected chi connectivity index (χ2v) is 4.57.